The Labute approximate surface area is 202 Å². The number of ether oxygens (including phenoxy) is 1. The Morgan fingerprint density at radius 3 is 2.68 bits per heavy atom. The van der Waals surface area contributed by atoms with Gasteiger partial charge in [0, 0.05) is 40.6 Å². The minimum absolute atomic E-state index is 0.0368. The van der Waals surface area contributed by atoms with E-state index in [1.807, 2.05) is 26.1 Å². The molecule has 3 aromatic heterocycles. The summed E-state index contributed by atoms with van der Waals surface area (Å²) in [7, 11) is 0. The Bertz CT molecular complexity index is 1400. The molecule has 34 heavy (non-hydrogen) atoms. The lowest BCUT2D eigenvalue weighted by atomic mass is 9.89. The molecule has 4 heterocycles. The van der Waals surface area contributed by atoms with E-state index < -0.39 is 5.82 Å². The van der Waals surface area contributed by atoms with Crippen LogP contribution in [0.25, 0.3) is 22.3 Å². The highest BCUT2D eigenvalue weighted by Gasteiger charge is 2.30. The summed E-state index contributed by atoms with van der Waals surface area (Å²) in [6, 6.07) is 7.20. The first kappa shape index (κ1) is 21.6. The van der Waals surface area contributed by atoms with E-state index in [-0.39, 0.29) is 12.0 Å². The van der Waals surface area contributed by atoms with Crippen LogP contribution in [0.3, 0.4) is 0 Å². The Kier molecular flexibility index (Phi) is 5.34. The van der Waals surface area contributed by atoms with Crippen LogP contribution >= 0.6 is 11.6 Å². The molecular weight excluding hydrogens is 453 g/mol. The van der Waals surface area contributed by atoms with Gasteiger partial charge < -0.3 is 4.74 Å². The third kappa shape index (κ3) is 3.97. The maximum atomic E-state index is 15.0. The van der Waals surface area contributed by atoms with Crippen LogP contribution in [0.4, 0.5) is 4.39 Å². The zero-order chi connectivity index (χ0) is 23.4. The van der Waals surface area contributed by atoms with Crippen molar-refractivity contribution in [2.75, 3.05) is 6.61 Å². The molecule has 1 aromatic carbocycles. The largest absolute Gasteiger partial charge is 0.373 e. The zero-order valence-electron chi connectivity index (χ0n) is 19.1. The second-order valence-corrected chi connectivity index (χ2v) is 9.78. The van der Waals surface area contributed by atoms with Crippen LogP contribution in [0.1, 0.15) is 66.4 Å². The summed E-state index contributed by atoms with van der Waals surface area (Å²) in [5, 5.41) is 4.88. The summed E-state index contributed by atoms with van der Waals surface area (Å²) >= 11 is 6.01. The summed E-state index contributed by atoms with van der Waals surface area (Å²) in [6.07, 6.45) is 8.02. The van der Waals surface area contributed by atoms with E-state index in [1.165, 1.54) is 18.9 Å². The van der Waals surface area contributed by atoms with Crippen LogP contribution < -0.4 is 0 Å². The molecule has 2 fully saturated rings. The summed E-state index contributed by atoms with van der Waals surface area (Å²) in [4.78, 5) is 14.5. The molecule has 2 atom stereocenters. The molecule has 0 spiro atoms. The van der Waals surface area contributed by atoms with E-state index >= 15 is 0 Å². The van der Waals surface area contributed by atoms with E-state index in [0.717, 1.165) is 41.0 Å². The molecule has 1 saturated carbocycles. The molecule has 6 nitrogen and oxygen atoms in total. The molecule has 0 N–H and O–H groups in total. The van der Waals surface area contributed by atoms with E-state index in [4.69, 9.17) is 31.3 Å². The number of nitrogens with zero attached hydrogens (tertiary/aromatic N) is 5. The van der Waals surface area contributed by atoms with Crippen molar-refractivity contribution < 1.29 is 9.13 Å². The van der Waals surface area contributed by atoms with Gasteiger partial charge in [-0.25, -0.2) is 19.3 Å². The van der Waals surface area contributed by atoms with Crippen LogP contribution in [0.15, 0.2) is 36.7 Å². The molecule has 174 valence electrons. The summed E-state index contributed by atoms with van der Waals surface area (Å²) in [5.41, 5.74) is 5.85. The fourth-order valence-electron chi connectivity index (χ4n) is 4.68. The molecule has 0 radical (unpaired) electrons. The standard InChI is InChI=1S/C26H25ClFN5O/c1-14-15(2)31-26-23(30-14)11-22(32-25(26)20-6-3-18(27)10-21(20)28)16-7-8-34-24(9-16)17-12-29-33(13-17)19-4-5-19/h3,6,10-13,16,19,24H,4-5,7-9H2,1-2H3. The average molecular weight is 478 g/mol. The number of halogens is 2. The molecule has 4 aromatic rings. The SMILES string of the molecule is Cc1nc2cc(C3CCOC(c4cnn(C5CC5)c4)C3)nc(-c3ccc(Cl)cc3F)c2nc1C. The Morgan fingerprint density at radius 1 is 1.06 bits per heavy atom. The van der Waals surface area contributed by atoms with E-state index in [9.17, 15) is 4.39 Å². The summed E-state index contributed by atoms with van der Waals surface area (Å²) < 4.78 is 23.1. The molecule has 2 aliphatic rings. The first-order valence-electron chi connectivity index (χ1n) is 11.7. The number of hydrogen-bond acceptors (Lipinski definition) is 5. The fraction of sp³-hybridized carbons (Fsp3) is 0.385. The molecule has 1 saturated heterocycles. The van der Waals surface area contributed by atoms with Crippen molar-refractivity contribution in [3.05, 3.63) is 70.1 Å². The van der Waals surface area contributed by atoms with E-state index in [1.54, 1.807) is 12.1 Å². The fourth-order valence-corrected chi connectivity index (χ4v) is 4.84. The van der Waals surface area contributed by atoms with Crippen LogP contribution in [0.5, 0.6) is 0 Å². The Morgan fingerprint density at radius 2 is 1.88 bits per heavy atom. The van der Waals surface area contributed by atoms with Gasteiger partial charge in [0.2, 0.25) is 0 Å². The van der Waals surface area contributed by atoms with Gasteiger partial charge in [-0.1, -0.05) is 11.6 Å². The minimum Gasteiger partial charge on any atom is -0.373 e. The lowest BCUT2D eigenvalue weighted by molar-refractivity contribution is 0.00462. The van der Waals surface area contributed by atoms with Gasteiger partial charge in [-0.3, -0.25) is 4.68 Å². The number of pyridine rings is 1. The number of benzene rings is 1. The maximum Gasteiger partial charge on any atom is 0.134 e. The number of aromatic nitrogens is 5. The van der Waals surface area contributed by atoms with Gasteiger partial charge in [-0.2, -0.15) is 5.10 Å². The van der Waals surface area contributed by atoms with Gasteiger partial charge in [0.15, 0.2) is 0 Å². The van der Waals surface area contributed by atoms with Crippen LogP contribution in [0, 0.1) is 19.7 Å². The van der Waals surface area contributed by atoms with Crippen molar-refractivity contribution in [2.45, 2.75) is 57.6 Å². The average Bonchev–Trinajstić information content (AvgIpc) is 3.56. The quantitative estimate of drug-likeness (QED) is 0.346. The van der Waals surface area contributed by atoms with E-state index in [2.05, 4.69) is 16.0 Å². The van der Waals surface area contributed by atoms with Crippen molar-refractivity contribution in [1.82, 2.24) is 24.7 Å². The van der Waals surface area contributed by atoms with Crippen LogP contribution in [-0.4, -0.2) is 31.3 Å². The summed E-state index contributed by atoms with van der Waals surface area (Å²) in [6.45, 7) is 4.47. The minimum atomic E-state index is -0.421. The first-order chi connectivity index (χ1) is 16.5. The predicted molar refractivity (Wildman–Crippen MR) is 128 cm³/mol. The second kappa shape index (κ2) is 8.40. The van der Waals surface area contributed by atoms with Crippen molar-refractivity contribution in [2.24, 2.45) is 0 Å². The van der Waals surface area contributed by atoms with Crippen molar-refractivity contribution in [3.8, 4) is 11.3 Å². The highest BCUT2D eigenvalue weighted by Crippen LogP contribution is 2.40. The van der Waals surface area contributed by atoms with Gasteiger partial charge in [-0.15, -0.1) is 0 Å². The van der Waals surface area contributed by atoms with Gasteiger partial charge >= 0.3 is 0 Å². The zero-order valence-corrected chi connectivity index (χ0v) is 19.9. The monoisotopic (exact) mass is 477 g/mol. The number of hydrogen-bond donors (Lipinski definition) is 0. The molecule has 0 bridgehead atoms. The topological polar surface area (TPSA) is 65.7 Å². The number of rotatable bonds is 4. The highest BCUT2D eigenvalue weighted by atomic mass is 35.5. The van der Waals surface area contributed by atoms with Gasteiger partial charge in [0.05, 0.1) is 35.2 Å². The normalized spacial score (nSPS) is 20.7. The molecular formula is C26H25ClFN5O. The van der Waals surface area contributed by atoms with Gasteiger partial charge in [0.25, 0.3) is 0 Å². The second-order valence-electron chi connectivity index (χ2n) is 9.35. The van der Waals surface area contributed by atoms with Crippen molar-refractivity contribution >= 4 is 22.6 Å². The molecule has 6 rings (SSSR count). The highest BCUT2D eigenvalue weighted by molar-refractivity contribution is 6.30. The number of aryl methyl sites for hydroxylation is 2. The van der Waals surface area contributed by atoms with Crippen LogP contribution in [-0.2, 0) is 4.74 Å². The molecule has 8 heteroatoms. The lowest BCUT2D eigenvalue weighted by Gasteiger charge is -2.29. The molecule has 0 amide bonds. The predicted octanol–water partition coefficient (Wildman–Crippen LogP) is 6.27. The molecule has 2 unspecified atom stereocenters. The van der Waals surface area contributed by atoms with E-state index in [0.29, 0.717) is 34.4 Å². The van der Waals surface area contributed by atoms with Crippen molar-refractivity contribution in [1.29, 1.82) is 0 Å². The van der Waals surface area contributed by atoms with Crippen LogP contribution in [0.2, 0.25) is 5.02 Å². The maximum absolute atomic E-state index is 15.0. The van der Waals surface area contributed by atoms with Crippen molar-refractivity contribution in [3.63, 3.8) is 0 Å². The lowest BCUT2D eigenvalue weighted by Crippen LogP contribution is -2.19. The van der Waals surface area contributed by atoms with Gasteiger partial charge in [0.1, 0.15) is 17.0 Å². The molecule has 1 aliphatic heterocycles. The Hall–Kier alpha value is -2.90. The first-order valence-corrected chi connectivity index (χ1v) is 12.1. The number of fused-ring (bicyclic) bond motifs is 1. The smallest absolute Gasteiger partial charge is 0.134 e. The third-order valence-electron chi connectivity index (χ3n) is 6.89. The third-order valence-corrected chi connectivity index (χ3v) is 7.12. The summed E-state index contributed by atoms with van der Waals surface area (Å²) in [5.74, 6) is -0.263. The molecule has 1 aliphatic carbocycles. The van der Waals surface area contributed by atoms with Gasteiger partial charge in [-0.05, 0) is 63.8 Å². The Balaban J connectivity index is 1.41.